The highest BCUT2D eigenvalue weighted by Crippen LogP contribution is 2.27. The van der Waals surface area contributed by atoms with Gasteiger partial charge in [0.25, 0.3) is 11.6 Å². The minimum Gasteiger partial charge on any atom is -0.360 e. The topological polar surface area (TPSA) is 108 Å². The van der Waals surface area contributed by atoms with Gasteiger partial charge in [-0.3, -0.25) is 14.9 Å². The Morgan fingerprint density at radius 2 is 1.88 bits per heavy atom. The van der Waals surface area contributed by atoms with E-state index in [0.717, 1.165) is 22.9 Å². The zero-order valence-corrected chi connectivity index (χ0v) is 14.8. The molecular weight excluding hydrogens is 356 g/mol. The molecule has 0 aromatic heterocycles. The maximum atomic E-state index is 12.3. The highest BCUT2D eigenvalue weighted by atomic mass is 35.5. The second kappa shape index (κ2) is 8.14. The molecule has 0 aliphatic heterocycles. The monoisotopic (exact) mass is 370 g/mol. The van der Waals surface area contributed by atoms with Gasteiger partial charge in [0.05, 0.1) is 15.6 Å². The van der Waals surface area contributed by atoms with E-state index >= 15 is 0 Å². The van der Waals surface area contributed by atoms with Gasteiger partial charge in [0, 0.05) is 24.0 Å². The predicted octanol–water partition coefficient (Wildman–Crippen LogP) is 4.32. The zero-order valence-electron chi connectivity index (χ0n) is 14.0. The minimum atomic E-state index is -0.730. The minimum absolute atomic E-state index is 0.0541. The molecule has 2 aromatic rings. The molecule has 7 nitrogen and oxygen atoms in total. The highest BCUT2D eigenvalue weighted by Gasteiger charge is 2.15. The quantitative estimate of drug-likeness (QED) is 0.352. The van der Waals surface area contributed by atoms with E-state index in [0.29, 0.717) is 0 Å². The molecule has 0 saturated carbocycles. The summed E-state index contributed by atoms with van der Waals surface area (Å²) in [6.45, 7) is 3.87. The number of hydrogen-bond acceptors (Lipinski definition) is 5. The van der Waals surface area contributed by atoms with Gasteiger partial charge in [-0.05, 0) is 43.2 Å². The molecule has 132 valence electrons. The van der Waals surface area contributed by atoms with Crippen LogP contribution in [0.3, 0.4) is 0 Å². The van der Waals surface area contributed by atoms with Crippen LogP contribution in [-0.4, -0.2) is 10.8 Å². The highest BCUT2D eigenvalue weighted by molar-refractivity contribution is 6.34. The summed E-state index contributed by atoms with van der Waals surface area (Å²) in [4.78, 5) is 22.5. The molecule has 2 aromatic carbocycles. The molecule has 0 saturated heterocycles. The van der Waals surface area contributed by atoms with E-state index in [1.54, 1.807) is 6.07 Å². The number of nitriles is 1. The molecule has 26 heavy (non-hydrogen) atoms. The van der Waals surface area contributed by atoms with E-state index in [4.69, 9.17) is 11.6 Å². The number of non-ortho nitro benzene ring substituents is 1. The Bertz CT molecular complexity index is 928. The van der Waals surface area contributed by atoms with Crippen molar-refractivity contribution < 1.29 is 9.72 Å². The first kappa shape index (κ1) is 19.0. The lowest BCUT2D eigenvalue weighted by Gasteiger charge is -2.08. The summed E-state index contributed by atoms with van der Waals surface area (Å²) < 4.78 is 0. The summed E-state index contributed by atoms with van der Waals surface area (Å²) in [5.41, 5.74) is 2.43. The molecule has 0 aliphatic rings. The van der Waals surface area contributed by atoms with Crippen LogP contribution in [0.15, 0.2) is 48.2 Å². The van der Waals surface area contributed by atoms with Crippen LogP contribution in [0.4, 0.5) is 17.1 Å². The van der Waals surface area contributed by atoms with Gasteiger partial charge >= 0.3 is 0 Å². The van der Waals surface area contributed by atoms with Gasteiger partial charge < -0.3 is 10.6 Å². The van der Waals surface area contributed by atoms with Crippen LogP contribution in [0.25, 0.3) is 0 Å². The Morgan fingerprint density at radius 3 is 2.46 bits per heavy atom. The van der Waals surface area contributed by atoms with Crippen LogP contribution in [0.2, 0.25) is 5.02 Å². The molecule has 0 heterocycles. The molecular formula is C18H15ClN4O3. The fourth-order valence-electron chi connectivity index (χ4n) is 2.27. The predicted molar refractivity (Wildman–Crippen MR) is 100.0 cm³/mol. The van der Waals surface area contributed by atoms with Crippen molar-refractivity contribution >= 4 is 34.6 Å². The van der Waals surface area contributed by atoms with Crippen molar-refractivity contribution in [3.8, 4) is 6.07 Å². The number of carbonyl (C=O) groups excluding carboxylic acids is 1. The van der Waals surface area contributed by atoms with Gasteiger partial charge in [0.15, 0.2) is 0 Å². The maximum absolute atomic E-state index is 12.3. The molecule has 0 radical (unpaired) electrons. The Labute approximate surface area is 155 Å². The second-order valence-corrected chi connectivity index (χ2v) is 5.97. The van der Waals surface area contributed by atoms with E-state index < -0.39 is 10.8 Å². The van der Waals surface area contributed by atoms with Crippen molar-refractivity contribution in [1.82, 2.24) is 0 Å². The standard InChI is InChI=1S/C18H15ClN4O3/c1-11-5-12(2)7-14(6-11)21-10-13(9-20)18(24)22-17-8-15(23(25)26)3-4-16(17)19/h3-8,10,21H,1-2H3,(H,22,24)/b13-10-. The molecule has 0 bridgehead atoms. The zero-order chi connectivity index (χ0) is 19.3. The van der Waals surface area contributed by atoms with E-state index in [-0.39, 0.29) is 22.0 Å². The lowest BCUT2D eigenvalue weighted by atomic mass is 10.1. The molecule has 8 heteroatoms. The number of nitrogens with zero attached hydrogens (tertiary/aromatic N) is 2. The normalized spacial score (nSPS) is 10.8. The van der Waals surface area contributed by atoms with Crippen LogP contribution >= 0.6 is 11.6 Å². The fourth-order valence-corrected chi connectivity index (χ4v) is 2.44. The third kappa shape index (κ3) is 4.82. The number of amides is 1. The first-order valence-corrected chi connectivity index (χ1v) is 7.88. The number of carbonyl (C=O) groups is 1. The van der Waals surface area contributed by atoms with Crippen LogP contribution in [0.1, 0.15) is 11.1 Å². The number of hydrogen-bond donors (Lipinski definition) is 2. The van der Waals surface area contributed by atoms with Gasteiger partial charge in [-0.1, -0.05) is 17.7 Å². The lowest BCUT2D eigenvalue weighted by Crippen LogP contribution is -2.15. The lowest BCUT2D eigenvalue weighted by molar-refractivity contribution is -0.384. The number of nitro groups is 1. The summed E-state index contributed by atoms with van der Waals surface area (Å²) in [6, 6.07) is 11.2. The number of rotatable bonds is 5. The Morgan fingerprint density at radius 1 is 1.23 bits per heavy atom. The summed E-state index contributed by atoms with van der Waals surface area (Å²) in [5, 5.41) is 25.5. The van der Waals surface area contributed by atoms with Gasteiger partial charge in [-0.25, -0.2) is 0 Å². The first-order valence-electron chi connectivity index (χ1n) is 7.50. The van der Waals surface area contributed by atoms with E-state index in [1.165, 1.54) is 18.3 Å². The average Bonchev–Trinajstić information content (AvgIpc) is 2.56. The summed E-state index contributed by atoms with van der Waals surface area (Å²) in [7, 11) is 0. The summed E-state index contributed by atoms with van der Waals surface area (Å²) in [5.74, 6) is -0.730. The Balaban J connectivity index is 2.20. The molecule has 2 N–H and O–H groups in total. The van der Waals surface area contributed by atoms with Crippen LogP contribution in [0.5, 0.6) is 0 Å². The molecule has 0 aliphatic carbocycles. The van der Waals surface area contributed by atoms with Gasteiger partial charge in [-0.15, -0.1) is 0 Å². The van der Waals surface area contributed by atoms with Crippen molar-refractivity contribution in [2.24, 2.45) is 0 Å². The van der Waals surface area contributed by atoms with E-state index in [2.05, 4.69) is 10.6 Å². The Hall–Kier alpha value is -3.37. The van der Waals surface area contributed by atoms with Crippen LogP contribution < -0.4 is 10.6 Å². The average molecular weight is 371 g/mol. The van der Waals surface area contributed by atoms with Crippen molar-refractivity contribution in [3.63, 3.8) is 0 Å². The third-order valence-electron chi connectivity index (χ3n) is 3.38. The van der Waals surface area contributed by atoms with Crippen molar-refractivity contribution in [3.05, 3.63) is 74.4 Å². The Kier molecular flexibility index (Phi) is 5.94. The second-order valence-electron chi connectivity index (χ2n) is 5.57. The van der Waals surface area contributed by atoms with Crippen molar-refractivity contribution in [2.45, 2.75) is 13.8 Å². The maximum Gasteiger partial charge on any atom is 0.271 e. The SMILES string of the molecule is Cc1cc(C)cc(N/C=C(/C#N)C(=O)Nc2cc([N+](=O)[O-])ccc2Cl)c1. The number of nitro benzene ring substituents is 1. The van der Waals surface area contributed by atoms with Crippen molar-refractivity contribution in [1.29, 1.82) is 5.26 Å². The van der Waals surface area contributed by atoms with Crippen LogP contribution in [0, 0.1) is 35.3 Å². The van der Waals surface area contributed by atoms with E-state index in [1.807, 2.05) is 32.0 Å². The fraction of sp³-hybridized carbons (Fsp3) is 0.111. The van der Waals surface area contributed by atoms with Crippen LogP contribution in [-0.2, 0) is 4.79 Å². The smallest absolute Gasteiger partial charge is 0.271 e. The number of benzene rings is 2. The van der Waals surface area contributed by atoms with Gasteiger partial charge in [0.1, 0.15) is 11.6 Å². The first-order chi connectivity index (χ1) is 12.3. The summed E-state index contributed by atoms with van der Waals surface area (Å²) >= 11 is 5.95. The number of aryl methyl sites for hydroxylation is 2. The molecule has 0 fully saturated rings. The molecule has 2 rings (SSSR count). The third-order valence-corrected chi connectivity index (χ3v) is 3.71. The summed E-state index contributed by atoms with van der Waals surface area (Å²) in [6.07, 6.45) is 1.27. The number of halogens is 1. The molecule has 0 atom stereocenters. The van der Waals surface area contributed by atoms with Gasteiger partial charge in [-0.2, -0.15) is 5.26 Å². The number of nitrogens with one attached hydrogen (secondary N) is 2. The van der Waals surface area contributed by atoms with Gasteiger partial charge in [0.2, 0.25) is 0 Å². The molecule has 0 spiro atoms. The van der Waals surface area contributed by atoms with E-state index in [9.17, 15) is 20.2 Å². The van der Waals surface area contributed by atoms with Crippen molar-refractivity contribution in [2.75, 3.05) is 10.6 Å². The molecule has 0 unspecified atom stereocenters. The molecule has 1 amide bonds. The number of anilines is 2. The largest absolute Gasteiger partial charge is 0.360 e.